The minimum absolute atomic E-state index is 0.0680. The van der Waals surface area contributed by atoms with Crippen molar-refractivity contribution >= 4 is 16.7 Å². The van der Waals surface area contributed by atoms with Crippen LogP contribution in [-0.2, 0) is 16.1 Å². The van der Waals surface area contributed by atoms with Crippen molar-refractivity contribution in [3.63, 3.8) is 0 Å². The Bertz CT molecular complexity index is 601. The molecule has 0 saturated carbocycles. The molecule has 3 heteroatoms. The lowest BCUT2D eigenvalue weighted by atomic mass is 10.1. The van der Waals surface area contributed by atoms with Crippen molar-refractivity contribution in [2.45, 2.75) is 25.9 Å². The summed E-state index contributed by atoms with van der Waals surface area (Å²) in [6, 6.07) is 12.5. The third-order valence-corrected chi connectivity index (χ3v) is 3.41. The summed E-state index contributed by atoms with van der Waals surface area (Å²) in [5, 5.41) is 2.51. The molecule has 18 heavy (non-hydrogen) atoms. The molecular formula is C15H15NO2. The van der Waals surface area contributed by atoms with E-state index in [2.05, 4.69) is 35.8 Å². The quantitative estimate of drug-likeness (QED) is 0.839. The van der Waals surface area contributed by atoms with E-state index in [0.29, 0.717) is 6.42 Å². The largest absolute Gasteiger partial charge is 0.273 e. The normalized spacial score (nSPS) is 17.1. The Labute approximate surface area is 106 Å². The molecule has 0 spiro atoms. The van der Waals surface area contributed by atoms with Crippen LogP contribution in [-0.4, -0.2) is 5.91 Å². The number of carbonyl (C=O) groups excluding carboxylic acids is 1. The molecular weight excluding hydrogens is 226 g/mol. The Hall–Kier alpha value is -1.87. The van der Waals surface area contributed by atoms with Gasteiger partial charge < -0.3 is 0 Å². The smallest absolute Gasteiger partial charge is 0.243 e. The number of hydrogen-bond donors (Lipinski definition) is 1. The average molecular weight is 241 g/mol. The Morgan fingerprint density at radius 3 is 2.89 bits per heavy atom. The molecule has 0 heterocycles. The van der Waals surface area contributed by atoms with Crippen LogP contribution in [0.15, 0.2) is 36.4 Å². The Morgan fingerprint density at radius 1 is 1.33 bits per heavy atom. The van der Waals surface area contributed by atoms with Gasteiger partial charge in [-0.3, -0.25) is 9.63 Å². The fraction of sp³-hybridized carbons (Fsp3) is 0.267. The molecule has 1 aliphatic carbocycles. The number of hydrogen-bond acceptors (Lipinski definition) is 2. The topological polar surface area (TPSA) is 38.3 Å². The van der Waals surface area contributed by atoms with Crippen molar-refractivity contribution in [3.8, 4) is 0 Å². The first kappa shape index (κ1) is 11.2. The molecule has 2 aromatic rings. The zero-order valence-corrected chi connectivity index (χ0v) is 10.3. The molecule has 92 valence electrons. The van der Waals surface area contributed by atoms with Gasteiger partial charge in [-0.05, 0) is 21.9 Å². The first-order valence-electron chi connectivity index (χ1n) is 6.24. The highest BCUT2D eigenvalue weighted by molar-refractivity contribution is 5.91. The lowest BCUT2D eigenvalue weighted by Gasteiger charge is -2.12. The van der Waals surface area contributed by atoms with Gasteiger partial charge in [-0.2, -0.15) is 0 Å². The molecule has 0 aromatic heterocycles. The molecule has 3 rings (SSSR count). The van der Waals surface area contributed by atoms with Crippen LogP contribution in [0.25, 0.3) is 10.8 Å². The summed E-state index contributed by atoms with van der Waals surface area (Å²) in [6.45, 7) is 1.81. The van der Waals surface area contributed by atoms with Gasteiger partial charge in [-0.15, -0.1) is 0 Å². The molecule has 1 amide bonds. The molecule has 1 aliphatic rings. The predicted octanol–water partition coefficient (Wildman–Crippen LogP) is 2.89. The van der Waals surface area contributed by atoms with Crippen LogP contribution in [0.5, 0.6) is 0 Å². The van der Waals surface area contributed by atoms with Crippen molar-refractivity contribution in [3.05, 3.63) is 47.5 Å². The van der Waals surface area contributed by atoms with E-state index in [0.717, 1.165) is 6.42 Å². The lowest BCUT2D eigenvalue weighted by Crippen LogP contribution is -2.24. The number of amides is 1. The van der Waals surface area contributed by atoms with E-state index < -0.39 is 0 Å². The first-order chi connectivity index (χ1) is 8.79. The lowest BCUT2D eigenvalue weighted by molar-refractivity contribution is -0.138. The van der Waals surface area contributed by atoms with E-state index in [1.165, 1.54) is 21.9 Å². The van der Waals surface area contributed by atoms with E-state index >= 15 is 0 Å². The van der Waals surface area contributed by atoms with Gasteiger partial charge in [-0.1, -0.05) is 43.3 Å². The molecule has 1 atom stereocenters. The van der Waals surface area contributed by atoms with E-state index in [-0.39, 0.29) is 12.0 Å². The van der Waals surface area contributed by atoms with Crippen LogP contribution in [0.4, 0.5) is 0 Å². The SMILES string of the molecule is CCC(=O)NOC1Cc2cccc3cccc1c23. The number of rotatable bonds is 3. The number of hydroxylamine groups is 1. The van der Waals surface area contributed by atoms with E-state index in [1.807, 2.05) is 13.0 Å². The minimum atomic E-state index is -0.0851. The number of benzene rings is 2. The summed E-state index contributed by atoms with van der Waals surface area (Å²) in [4.78, 5) is 16.8. The van der Waals surface area contributed by atoms with Crippen LogP contribution < -0.4 is 5.48 Å². The van der Waals surface area contributed by atoms with E-state index in [4.69, 9.17) is 4.84 Å². The van der Waals surface area contributed by atoms with Crippen molar-refractivity contribution in [2.75, 3.05) is 0 Å². The van der Waals surface area contributed by atoms with Gasteiger partial charge in [0, 0.05) is 12.8 Å². The third-order valence-electron chi connectivity index (χ3n) is 3.41. The van der Waals surface area contributed by atoms with Crippen molar-refractivity contribution in [1.82, 2.24) is 5.48 Å². The van der Waals surface area contributed by atoms with Crippen molar-refractivity contribution < 1.29 is 9.63 Å². The van der Waals surface area contributed by atoms with Crippen LogP contribution >= 0.6 is 0 Å². The van der Waals surface area contributed by atoms with Crippen LogP contribution in [0, 0.1) is 0 Å². The molecule has 1 unspecified atom stereocenters. The highest BCUT2D eigenvalue weighted by Gasteiger charge is 2.25. The first-order valence-corrected chi connectivity index (χ1v) is 6.24. The maximum absolute atomic E-state index is 11.2. The number of nitrogens with one attached hydrogen (secondary N) is 1. The zero-order valence-electron chi connectivity index (χ0n) is 10.3. The summed E-state index contributed by atoms with van der Waals surface area (Å²) in [7, 11) is 0. The van der Waals surface area contributed by atoms with E-state index in [9.17, 15) is 4.79 Å². The monoisotopic (exact) mass is 241 g/mol. The van der Waals surface area contributed by atoms with Gasteiger partial charge >= 0.3 is 0 Å². The standard InChI is InChI=1S/C15H15NO2/c1-2-14(17)16-18-13-9-11-7-3-5-10-6-4-8-12(13)15(10)11/h3-8,13H,2,9H2,1H3,(H,16,17). The molecule has 0 aliphatic heterocycles. The van der Waals surface area contributed by atoms with Gasteiger partial charge in [0.2, 0.25) is 5.91 Å². The van der Waals surface area contributed by atoms with Gasteiger partial charge in [-0.25, -0.2) is 5.48 Å². The van der Waals surface area contributed by atoms with Crippen LogP contribution in [0.3, 0.4) is 0 Å². The second-order valence-corrected chi connectivity index (χ2v) is 4.55. The summed E-state index contributed by atoms with van der Waals surface area (Å²) in [5.41, 5.74) is 4.97. The molecule has 3 nitrogen and oxygen atoms in total. The van der Waals surface area contributed by atoms with Gasteiger partial charge in [0.1, 0.15) is 6.10 Å². The van der Waals surface area contributed by atoms with Crippen molar-refractivity contribution in [2.24, 2.45) is 0 Å². The summed E-state index contributed by atoms with van der Waals surface area (Å²) in [6.07, 6.45) is 1.19. The molecule has 0 fully saturated rings. The van der Waals surface area contributed by atoms with Gasteiger partial charge in [0.15, 0.2) is 0 Å². The molecule has 0 bridgehead atoms. The summed E-state index contributed by atoms with van der Waals surface area (Å²) >= 11 is 0. The molecule has 1 N–H and O–H groups in total. The average Bonchev–Trinajstić information content (AvgIpc) is 2.77. The van der Waals surface area contributed by atoms with Crippen molar-refractivity contribution in [1.29, 1.82) is 0 Å². The fourth-order valence-corrected chi connectivity index (χ4v) is 2.51. The van der Waals surface area contributed by atoms with Gasteiger partial charge in [0.05, 0.1) is 0 Å². The van der Waals surface area contributed by atoms with Crippen LogP contribution in [0.2, 0.25) is 0 Å². The Balaban J connectivity index is 1.91. The molecule has 0 radical (unpaired) electrons. The highest BCUT2D eigenvalue weighted by atomic mass is 16.7. The maximum atomic E-state index is 11.2. The Kier molecular flexibility index (Phi) is 2.76. The van der Waals surface area contributed by atoms with E-state index in [1.54, 1.807) is 0 Å². The molecule has 0 saturated heterocycles. The summed E-state index contributed by atoms with van der Waals surface area (Å²) < 4.78 is 0. The minimum Gasteiger partial charge on any atom is -0.273 e. The highest BCUT2D eigenvalue weighted by Crippen LogP contribution is 2.38. The fourth-order valence-electron chi connectivity index (χ4n) is 2.51. The zero-order chi connectivity index (χ0) is 12.5. The molecule has 2 aromatic carbocycles. The second-order valence-electron chi connectivity index (χ2n) is 4.55. The predicted molar refractivity (Wildman–Crippen MR) is 69.9 cm³/mol. The second kappa shape index (κ2) is 4.42. The maximum Gasteiger partial charge on any atom is 0.243 e. The van der Waals surface area contributed by atoms with Gasteiger partial charge in [0.25, 0.3) is 0 Å². The third kappa shape index (κ3) is 1.77. The number of carbonyl (C=O) groups is 1. The Morgan fingerprint density at radius 2 is 2.11 bits per heavy atom. The summed E-state index contributed by atoms with van der Waals surface area (Å²) in [5.74, 6) is -0.0851. The van der Waals surface area contributed by atoms with Crippen LogP contribution in [0.1, 0.15) is 30.6 Å².